The molecule has 0 radical (unpaired) electrons. The van der Waals surface area contributed by atoms with Crippen LogP contribution in [0.15, 0.2) is 47.4 Å². The maximum atomic E-state index is 11.3. The van der Waals surface area contributed by atoms with Crippen molar-refractivity contribution >= 4 is 50.2 Å². The molecule has 2 rings (SSSR count). The highest BCUT2D eigenvalue weighted by atomic mass is 35.5. The fourth-order valence-electron chi connectivity index (χ4n) is 1.74. The van der Waals surface area contributed by atoms with Gasteiger partial charge >= 0.3 is 0 Å². The average molecular weight is 342 g/mol. The lowest BCUT2D eigenvalue weighted by molar-refractivity contribution is 0.598. The van der Waals surface area contributed by atoms with Crippen molar-refractivity contribution in [3.8, 4) is 0 Å². The maximum absolute atomic E-state index is 11.3. The van der Waals surface area contributed by atoms with Crippen molar-refractivity contribution in [1.82, 2.24) is 0 Å². The van der Waals surface area contributed by atoms with Crippen molar-refractivity contribution in [1.29, 1.82) is 0 Å². The fourth-order valence-corrected chi connectivity index (χ4v) is 2.64. The first-order valence-corrected chi connectivity index (χ1v) is 8.10. The Morgan fingerprint density at radius 2 is 1.90 bits per heavy atom. The SMILES string of the molecule is NC(=S)c1cc(Cl)ccc1Nc1cccc(S(N)(=O)=O)c1. The number of halogens is 1. The van der Waals surface area contributed by atoms with E-state index in [1.54, 1.807) is 30.3 Å². The molecule has 8 heteroatoms. The number of benzene rings is 2. The van der Waals surface area contributed by atoms with Crippen LogP contribution in [0.5, 0.6) is 0 Å². The molecular weight excluding hydrogens is 330 g/mol. The first-order chi connectivity index (χ1) is 9.77. The predicted molar refractivity (Wildman–Crippen MR) is 88.4 cm³/mol. The molecule has 0 aliphatic rings. The Balaban J connectivity index is 2.41. The van der Waals surface area contributed by atoms with Gasteiger partial charge in [0, 0.05) is 22.0 Å². The van der Waals surface area contributed by atoms with E-state index in [4.69, 9.17) is 34.7 Å². The van der Waals surface area contributed by atoms with Gasteiger partial charge in [-0.1, -0.05) is 29.9 Å². The van der Waals surface area contributed by atoms with Crippen LogP contribution in [0, 0.1) is 0 Å². The van der Waals surface area contributed by atoms with E-state index in [9.17, 15) is 8.42 Å². The van der Waals surface area contributed by atoms with Crippen molar-refractivity contribution in [3.63, 3.8) is 0 Å². The number of anilines is 2. The van der Waals surface area contributed by atoms with Crippen LogP contribution >= 0.6 is 23.8 Å². The van der Waals surface area contributed by atoms with Gasteiger partial charge in [-0.2, -0.15) is 0 Å². The van der Waals surface area contributed by atoms with Gasteiger partial charge in [0.1, 0.15) is 4.99 Å². The summed E-state index contributed by atoms with van der Waals surface area (Å²) < 4.78 is 22.7. The second kappa shape index (κ2) is 5.98. The number of rotatable bonds is 4. The van der Waals surface area contributed by atoms with E-state index < -0.39 is 10.0 Å². The summed E-state index contributed by atoms with van der Waals surface area (Å²) in [6, 6.07) is 11.1. The van der Waals surface area contributed by atoms with Crippen molar-refractivity contribution in [2.75, 3.05) is 5.32 Å². The summed E-state index contributed by atoms with van der Waals surface area (Å²) in [4.78, 5) is 0.195. The summed E-state index contributed by atoms with van der Waals surface area (Å²) >= 11 is 10.9. The highest BCUT2D eigenvalue weighted by Gasteiger charge is 2.10. The molecule has 2 aromatic rings. The lowest BCUT2D eigenvalue weighted by Crippen LogP contribution is -2.13. The first kappa shape index (κ1) is 15.7. The molecule has 5 nitrogen and oxygen atoms in total. The minimum absolute atomic E-state index is 0.0124. The summed E-state index contributed by atoms with van der Waals surface area (Å²) in [7, 11) is -3.76. The molecule has 0 saturated heterocycles. The zero-order chi connectivity index (χ0) is 15.6. The summed E-state index contributed by atoms with van der Waals surface area (Å²) in [5, 5.41) is 8.65. The summed E-state index contributed by atoms with van der Waals surface area (Å²) in [5.74, 6) is 0. The molecule has 0 bridgehead atoms. The monoisotopic (exact) mass is 341 g/mol. The van der Waals surface area contributed by atoms with Crippen molar-refractivity contribution < 1.29 is 8.42 Å². The van der Waals surface area contributed by atoms with E-state index in [2.05, 4.69) is 5.32 Å². The Bertz CT molecular complexity index is 807. The summed E-state index contributed by atoms with van der Waals surface area (Å²) in [5.41, 5.74) is 7.39. The maximum Gasteiger partial charge on any atom is 0.238 e. The molecule has 0 aliphatic heterocycles. The standard InChI is InChI=1S/C13H12ClN3O2S2/c14-8-4-5-12(11(6-8)13(15)20)17-9-2-1-3-10(7-9)21(16,18)19/h1-7,17H,(H2,15,20)(H2,16,18,19). The third-order valence-corrected chi connectivity index (χ3v) is 4.05. The molecule has 0 aliphatic carbocycles. The number of nitrogens with one attached hydrogen (secondary N) is 1. The highest BCUT2D eigenvalue weighted by molar-refractivity contribution is 7.89. The van der Waals surface area contributed by atoms with Crippen LogP contribution in [-0.2, 0) is 10.0 Å². The van der Waals surface area contributed by atoms with Crippen molar-refractivity contribution in [2.24, 2.45) is 10.9 Å². The Morgan fingerprint density at radius 1 is 1.19 bits per heavy atom. The number of hydrogen-bond acceptors (Lipinski definition) is 4. The molecule has 0 aromatic heterocycles. The second-order valence-electron chi connectivity index (χ2n) is 4.25. The van der Waals surface area contributed by atoms with Crippen molar-refractivity contribution in [2.45, 2.75) is 4.90 Å². The zero-order valence-electron chi connectivity index (χ0n) is 10.7. The van der Waals surface area contributed by atoms with E-state index in [1.165, 1.54) is 12.1 Å². The molecule has 2 aromatic carbocycles. The number of hydrogen-bond donors (Lipinski definition) is 3. The number of sulfonamides is 1. The molecule has 0 atom stereocenters. The van der Waals surface area contributed by atoms with Gasteiger partial charge in [-0.3, -0.25) is 0 Å². The molecular formula is C13H12ClN3O2S2. The van der Waals surface area contributed by atoms with E-state index in [0.717, 1.165) is 0 Å². The molecule has 0 saturated carbocycles. The quantitative estimate of drug-likeness (QED) is 0.741. The predicted octanol–water partition coefficient (Wildman–Crippen LogP) is 2.37. The molecule has 21 heavy (non-hydrogen) atoms. The fraction of sp³-hybridized carbons (Fsp3) is 0. The van der Waals surface area contributed by atoms with Gasteiger partial charge < -0.3 is 11.1 Å². The Morgan fingerprint density at radius 3 is 2.52 bits per heavy atom. The molecule has 0 unspecified atom stereocenters. The van der Waals surface area contributed by atoms with Gasteiger partial charge in [0.05, 0.1) is 4.90 Å². The molecule has 0 fully saturated rings. The van der Waals surface area contributed by atoms with E-state index in [1.807, 2.05) is 0 Å². The minimum Gasteiger partial charge on any atom is -0.389 e. The van der Waals surface area contributed by atoms with Gasteiger partial charge in [0.25, 0.3) is 0 Å². The normalized spacial score (nSPS) is 11.1. The molecule has 5 N–H and O–H groups in total. The van der Waals surface area contributed by atoms with Gasteiger partial charge in [-0.25, -0.2) is 13.6 Å². The zero-order valence-corrected chi connectivity index (χ0v) is 13.1. The lowest BCUT2D eigenvalue weighted by Gasteiger charge is -2.12. The van der Waals surface area contributed by atoms with Crippen LogP contribution in [0.4, 0.5) is 11.4 Å². The first-order valence-electron chi connectivity index (χ1n) is 5.76. The van der Waals surface area contributed by atoms with Crippen LogP contribution < -0.4 is 16.2 Å². The van der Waals surface area contributed by atoms with Crippen LogP contribution in [0.25, 0.3) is 0 Å². The molecule has 0 amide bonds. The number of nitrogens with two attached hydrogens (primary N) is 2. The van der Waals surface area contributed by atoms with Gasteiger partial charge in [-0.15, -0.1) is 0 Å². The summed E-state index contributed by atoms with van der Waals surface area (Å²) in [6.07, 6.45) is 0. The van der Waals surface area contributed by atoms with Crippen LogP contribution in [0.3, 0.4) is 0 Å². The van der Waals surface area contributed by atoms with Crippen LogP contribution in [-0.4, -0.2) is 13.4 Å². The minimum atomic E-state index is -3.76. The van der Waals surface area contributed by atoms with Gasteiger partial charge in [0.15, 0.2) is 0 Å². The van der Waals surface area contributed by atoms with Crippen LogP contribution in [0.2, 0.25) is 5.02 Å². The topological polar surface area (TPSA) is 98.2 Å². The number of thiocarbonyl (C=S) groups is 1. The molecule has 110 valence electrons. The smallest absolute Gasteiger partial charge is 0.238 e. The largest absolute Gasteiger partial charge is 0.389 e. The molecule has 0 spiro atoms. The second-order valence-corrected chi connectivity index (χ2v) is 6.69. The van der Waals surface area contributed by atoms with Gasteiger partial charge in [0.2, 0.25) is 10.0 Å². The lowest BCUT2D eigenvalue weighted by atomic mass is 10.1. The Labute approximate surface area is 133 Å². The Kier molecular flexibility index (Phi) is 4.48. The van der Waals surface area contributed by atoms with Crippen molar-refractivity contribution in [3.05, 3.63) is 53.1 Å². The Hall–Kier alpha value is -1.67. The van der Waals surface area contributed by atoms with Crippen LogP contribution in [0.1, 0.15) is 5.56 Å². The molecule has 0 heterocycles. The highest BCUT2D eigenvalue weighted by Crippen LogP contribution is 2.25. The van der Waals surface area contributed by atoms with E-state index in [0.29, 0.717) is 22.0 Å². The van der Waals surface area contributed by atoms with E-state index in [-0.39, 0.29) is 9.88 Å². The van der Waals surface area contributed by atoms with Gasteiger partial charge in [-0.05, 0) is 36.4 Å². The third-order valence-electron chi connectivity index (χ3n) is 2.69. The summed E-state index contributed by atoms with van der Waals surface area (Å²) in [6.45, 7) is 0. The third kappa shape index (κ3) is 3.92. The average Bonchev–Trinajstić information content (AvgIpc) is 2.40. The van der Waals surface area contributed by atoms with E-state index >= 15 is 0 Å². The number of primary sulfonamides is 1.